The third kappa shape index (κ3) is 4.71. The molecule has 6 nitrogen and oxygen atoms in total. The van der Waals surface area contributed by atoms with E-state index in [9.17, 15) is 12.8 Å². The van der Waals surface area contributed by atoms with Crippen molar-refractivity contribution < 1.29 is 12.8 Å². The van der Waals surface area contributed by atoms with Crippen molar-refractivity contribution in [3.05, 3.63) is 47.0 Å². The summed E-state index contributed by atoms with van der Waals surface area (Å²) >= 11 is 5.72. The number of nitrogens with zero attached hydrogens (tertiary/aromatic N) is 3. The number of hydrogen-bond donors (Lipinski definition) is 1. The summed E-state index contributed by atoms with van der Waals surface area (Å²) in [6, 6.07) is 3.79. The van der Waals surface area contributed by atoms with E-state index in [1.165, 1.54) is 18.2 Å². The zero-order valence-corrected chi connectivity index (χ0v) is 15.4. The topological polar surface area (TPSA) is 67.2 Å². The van der Waals surface area contributed by atoms with E-state index >= 15 is 0 Å². The zero-order chi connectivity index (χ0) is 18.0. The predicted molar refractivity (Wildman–Crippen MR) is 95.6 cm³/mol. The first-order chi connectivity index (χ1) is 11.8. The minimum Gasteiger partial charge on any atom is -0.367 e. The molecule has 0 spiro atoms. The number of benzene rings is 1. The van der Waals surface area contributed by atoms with Crippen LogP contribution in [0.2, 0.25) is 5.02 Å². The second-order valence-corrected chi connectivity index (χ2v) is 8.44. The molecule has 136 valence electrons. The van der Waals surface area contributed by atoms with Crippen LogP contribution in [0.25, 0.3) is 0 Å². The molecular weight excluding hydrogens is 367 g/mol. The third-order valence-electron chi connectivity index (χ3n) is 4.16. The second-order valence-electron chi connectivity index (χ2n) is 6.28. The molecule has 0 amide bonds. The number of hydrogen-bond acceptors (Lipinski definition) is 4. The zero-order valence-electron chi connectivity index (χ0n) is 13.8. The van der Waals surface area contributed by atoms with Gasteiger partial charge in [0.15, 0.2) is 0 Å². The van der Waals surface area contributed by atoms with Gasteiger partial charge in [0, 0.05) is 32.4 Å². The SMILES string of the molecule is Cn1cc(N2CCC[C@H](NS(=O)(=O)Cc3ccc(F)c(Cl)c3)C2)cn1. The van der Waals surface area contributed by atoms with E-state index in [0.717, 1.165) is 25.1 Å². The molecule has 0 aliphatic carbocycles. The van der Waals surface area contributed by atoms with Gasteiger partial charge in [0.2, 0.25) is 10.0 Å². The Morgan fingerprint density at radius 1 is 1.44 bits per heavy atom. The first kappa shape index (κ1) is 18.2. The van der Waals surface area contributed by atoms with E-state index in [1.807, 2.05) is 13.2 Å². The number of nitrogens with one attached hydrogen (secondary N) is 1. The Kier molecular flexibility index (Phi) is 5.31. The van der Waals surface area contributed by atoms with Gasteiger partial charge < -0.3 is 4.90 Å². The number of halogens is 2. The molecule has 0 saturated carbocycles. The number of anilines is 1. The lowest BCUT2D eigenvalue weighted by atomic mass is 10.1. The summed E-state index contributed by atoms with van der Waals surface area (Å²) in [6.45, 7) is 1.46. The van der Waals surface area contributed by atoms with Crippen LogP contribution in [0.1, 0.15) is 18.4 Å². The van der Waals surface area contributed by atoms with E-state index in [4.69, 9.17) is 11.6 Å². The van der Waals surface area contributed by atoms with Crippen LogP contribution in [0.3, 0.4) is 0 Å². The molecule has 25 heavy (non-hydrogen) atoms. The monoisotopic (exact) mass is 386 g/mol. The molecule has 9 heteroatoms. The highest BCUT2D eigenvalue weighted by atomic mass is 35.5. The van der Waals surface area contributed by atoms with Crippen molar-refractivity contribution in [1.29, 1.82) is 0 Å². The maximum absolute atomic E-state index is 13.2. The van der Waals surface area contributed by atoms with Crippen molar-refractivity contribution in [3.63, 3.8) is 0 Å². The number of aryl methyl sites for hydroxylation is 1. The largest absolute Gasteiger partial charge is 0.367 e. The number of rotatable bonds is 5. The van der Waals surface area contributed by atoms with Gasteiger partial charge in [-0.05, 0) is 30.5 Å². The van der Waals surface area contributed by atoms with Gasteiger partial charge in [-0.1, -0.05) is 17.7 Å². The molecule has 1 atom stereocenters. The highest BCUT2D eigenvalue weighted by molar-refractivity contribution is 7.88. The molecule has 1 fully saturated rings. The fraction of sp³-hybridized carbons (Fsp3) is 0.438. The van der Waals surface area contributed by atoms with Crippen LogP contribution in [0.4, 0.5) is 10.1 Å². The molecule has 2 heterocycles. The Labute approximate surface area is 151 Å². The summed E-state index contributed by atoms with van der Waals surface area (Å²) < 4.78 is 42.5. The Morgan fingerprint density at radius 2 is 2.24 bits per heavy atom. The van der Waals surface area contributed by atoms with Crippen LogP contribution >= 0.6 is 11.6 Å². The quantitative estimate of drug-likeness (QED) is 0.856. The molecule has 0 unspecified atom stereocenters. The summed E-state index contributed by atoms with van der Waals surface area (Å²) in [5.74, 6) is -0.786. The maximum Gasteiger partial charge on any atom is 0.216 e. The Balaban J connectivity index is 1.64. The van der Waals surface area contributed by atoms with Crippen LogP contribution in [-0.4, -0.2) is 37.3 Å². The smallest absolute Gasteiger partial charge is 0.216 e. The Hall–Kier alpha value is -1.64. The minimum absolute atomic E-state index is 0.0758. The molecule has 0 bridgehead atoms. The minimum atomic E-state index is -3.54. The van der Waals surface area contributed by atoms with E-state index in [-0.39, 0.29) is 16.8 Å². The molecule has 1 aromatic heterocycles. The maximum atomic E-state index is 13.2. The normalized spacial score (nSPS) is 18.5. The highest BCUT2D eigenvalue weighted by Crippen LogP contribution is 2.21. The van der Waals surface area contributed by atoms with E-state index in [2.05, 4.69) is 14.7 Å². The van der Waals surface area contributed by atoms with Gasteiger partial charge in [-0.2, -0.15) is 5.10 Å². The van der Waals surface area contributed by atoms with Gasteiger partial charge >= 0.3 is 0 Å². The van der Waals surface area contributed by atoms with Crippen LogP contribution < -0.4 is 9.62 Å². The molecular formula is C16H20ClFN4O2S. The number of sulfonamides is 1. The third-order valence-corrected chi connectivity index (χ3v) is 5.86. The van der Waals surface area contributed by atoms with Gasteiger partial charge in [0.25, 0.3) is 0 Å². The molecule has 1 N–H and O–H groups in total. The summed E-state index contributed by atoms with van der Waals surface area (Å²) in [4.78, 5) is 2.12. The van der Waals surface area contributed by atoms with Crippen LogP contribution in [-0.2, 0) is 22.8 Å². The summed E-state index contributed by atoms with van der Waals surface area (Å²) in [5.41, 5.74) is 1.44. The van der Waals surface area contributed by atoms with Crippen LogP contribution in [0.15, 0.2) is 30.6 Å². The number of piperidine rings is 1. The highest BCUT2D eigenvalue weighted by Gasteiger charge is 2.25. The van der Waals surface area contributed by atoms with Gasteiger partial charge in [0.05, 0.1) is 22.7 Å². The van der Waals surface area contributed by atoms with Crippen molar-refractivity contribution in [2.24, 2.45) is 7.05 Å². The molecule has 1 aromatic carbocycles. The molecule has 2 aromatic rings. The van der Waals surface area contributed by atoms with Gasteiger partial charge in [-0.25, -0.2) is 17.5 Å². The van der Waals surface area contributed by atoms with Gasteiger partial charge in [0.1, 0.15) is 5.82 Å². The van der Waals surface area contributed by atoms with Crippen molar-refractivity contribution in [1.82, 2.24) is 14.5 Å². The Morgan fingerprint density at radius 3 is 2.92 bits per heavy atom. The summed E-state index contributed by atoms with van der Waals surface area (Å²) in [7, 11) is -1.69. The predicted octanol–water partition coefficient (Wildman–Crippen LogP) is 2.30. The van der Waals surface area contributed by atoms with E-state index in [1.54, 1.807) is 10.9 Å². The summed E-state index contributed by atoms with van der Waals surface area (Å²) in [5, 5.41) is 4.08. The van der Waals surface area contributed by atoms with Gasteiger partial charge in [-0.3, -0.25) is 4.68 Å². The molecule has 1 aliphatic heterocycles. The van der Waals surface area contributed by atoms with Crippen molar-refractivity contribution >= 4 is 27.3 Å². The average Bonchev–Trinajstić information content (AvgIpc) is 2.97. The number of aromatic nitrogens is 2. The molecule has 1 aliphatic rings. The second kappa shape index (κ2) is 7.31. The van der Waals surface area contributed by atoms with Crippen LogP contribution in [0.5, 0.6) is 0 Å². The van der Waals surface area contributed by atoms with Crippen LogP contribution in [0, 0.1) is 5.82 Å². The van der Waals surface area contributed by atoms with Crippen molar-refractivity contribution in [2.75, 3.05) is 18.0 Å². The fourth-order valence-electron chi connectivity index (χ4n) is 3.02. The van der Waals surface area contributed by atoms with Crippen molar-refractivity contribution in [3.8, 4) is 0 Å². The Bertz CT molecular complexity index is 856. The first-order valence-electron chi connectivity index (χ1n) is 8.00. The summed E-state index contributed by atoms with van der Waals surface area (Å²) in [6.07, 6.45) is 5.36. The fourth-order valence-corrected chi connectivity index (χ4v) is 4.63. The van der Waals surface area contributed by atoms with E-state index < -0.39 is 15.8 Å². The first-order valence-corrected chi connectivity index (χ1v) is 10.0. The lowest BCUT2D eigenvalue weighted by Crippen LogP contribution is -2.48. The standard InChI is InChI=1S/C16H20ClFN4O2S/c1-21-10-14(8-19-21)22-6-2-3-13(9-22)20-25(23,24)11-12-4-5-16(18)15(17)7-12/h4-5,7-8,10,13,20H,2-3,6,9,11H2,1H3/t13-/m0/s1. The molecule has 1 saturated heterocycles. The lowest BCUT2D eigenvalue weighted by Gasteiger charge is -2.33. The van der Waals surface area contributed by atoms with Gasteiger partial charge in [-0.15, -0.1) is 0 Å². The molecule has 3 rings (SSSR count). The van der Waals surface area contributed by atoms with Crippen molar-refractivity contribution in [2.45, 2.75) is 24.6 Å². The van der Waals surface area contributed by atoms with E-state index in [0.29, 0.717) is 12.1 Å². The average molecular weight is 387 g/mol. The molecule has 0 radical (unpaired) electrons. The lowest BCUT2D eigenvalue weighted by molar-refractivity contribution is 0.465.